The zero-order valence-electron chi connectivity index (χ0n) is 13.0. The second-order valence-electron chi connectivity index (χ2n) is 5.56. The van der Waals surface area contributed by atoms with Gasteiger partial charge in [-0.25, -0.2) is 9.37 Å². The number of nitrogens with one attached hydrogen (secondary N) is 2. The Morgan fingerprint density at radius 2 is 1.91 bits per heavy atom. The van der Waals surface area contributed by atoms with Crippen molar-refractivity contribution in [2.24, 2.45) is 5.92 Å². The number of carbonyl (C=O) groups excluding carboxylic acids is 1. The molecule has 0 bridgehead atoms. The molecular formula is C17H19BrFN3O. The van der Waals surface area contributed by atoms with Gasteiger partial charge >= 0.3 is 0 Å². The molecule has 0 fully saturated rings. The summed E-state index contributed by atoms with van der Waals surface area (Å²) >= 11 is 3.29. The van der Waals surface area contributed by atoms with Gasteiger partial charge in [0, 0.05) is 16.7 Å². The highest BCUT2D eigenvalue weighted by molar-refractivity contribution is 9.10. The first-order valence-electron chi connectivity index (χ1n) is 7.36. The Morgan fingerprint density at radius 3 is 2.48 bits per heavy atom. The maximum absolute atomic E-state index is 13.0. The number of nitrogens with zero attached hydrogens (tertiary/aromatic N) is 1. The van der Waals surface area contributed by atoms with Crippen molar-refractivity contribution >= 4 is 27.7 Å². The van der Waals surface area contributed by atoms with E-state index < -0.39 is 0 Å². The number of rotatable bonds is 6. The van der Waals surface area contributed by atoms with Gasteiger partial charge in [-0.15, -0.1) is 0 Å². The maximum Gasteiger partial charge on any atom is 0.239 e. The first-order chi connectivity index (χ1) is 11.0. The lowest BCUT2D eigenvalue weighted by atomic mass is 9.96. The van der Waals surface area contributed by atoms with Crippen LogP contribution in [-0.4, -0.2) is 17.4 Å². The van der Waals surface area contributed by atoms with Crippen molar-refractivity contribution in [3.05, 3.63) is 58.4 Å². The Bertz CT molecular complexity index is 644. The van der Waals surface area contributed by atoms with Crippen LogP contribution in [0.4, 0.5) is 10.2 Å². The number of hydrogen-bond acceptors (Lipinski definition) is 3. The molecule has 0 spiro atoms. The fraction of sp³-hybridized carbons (Fsp3) is 0.294. The molecule has 1 heterocycles. The number of halogens is 2. The van der Waals surface area contributed by atoms with Gasteiger partial charge in [-0.2, -0.15) is 0 Å². The standard InChI is InChI=1S/C17H19BrFN3O/c1-11(2)17(12-3-6-14(19)7-4-12)21-10-16(23)22-15-8-5-13(18)9-20-15/h3-9,11,17,21H,10H2,1-2H3,(H,20,22,23). The Balaban J connectivity index is 1.94. The summed E-state index contributed by atoms with van der Waals surface area (Å²) in [6.45, 7) is 4.25. The Labute approximate surface area is 143 Å². The van der Waals surface area contributed by atoms with E-state index >= 15 is 0 Å². The van der Waals surface area contributed by atoms with Gasteiger partial charge < -0.3 is 10.6 Å². The smallest absolute Gasteiger partial charge is 0.239 e. The molecule has 2 N–H and O–H groups in total. The zero-order valence-corrected chi connectivity index (χ0v) is 14.6. The zero-order chi connectivity index (χ0) is 16.8. The predicted octanol–water partition coefficient (Wildman–Crippen LogP) is 3.91. The fourth-order valence-electron chi connectivity index (χ4n) is 2.25. The first-order valence-corrected chi connectivity index (χ1v) is 8.15. The molecule has 1 atom stereocenters. The number of hydrogen-bond donors (Lipinski definition) is 2. The van der Waals surface area contributed by atoms with Crippen LogP contribution in [0.2, 0.25) is 0 Å². The van der Waals surface area contributed by atoms with Crippen LogP contribution in [0.3, 0.4) is 0 Å². The van der Waals surface area contributed by atoms with E-state index in [1.54, 1.807) is 24.4 Å². The molecule has 122 valence electrons. The van der Waals surface area contributed by atoms with Crippen molar-refractivity contribution in [1.29, 1.82) is 0 Å². The monoisotopic (exact) mass is 379 g/mol. The van der Waals surface area contributed by atoms with Crippen molar-refractivity contribution in [2.75, 3.05) is 11.9 Å². The van der Waals surface area contributed by atoms with Crippen molar-refractivity contribution in [3.63, 3.8) is 0 Å². The second-order valence-corrected chi connectivity index (χ2v) is 6.48. The molecule has 0 aliphatic heterocycles. The first kappa shape index (κ1) is 17.6. The SMILES string of the molecule is CC(C)C(NCC(=O)Nc1ccc(Br)cn1)c1ccc(F)cc1. The highest BCUT2D eigenvalue weighted by Crippen LogP contribution is 2.21. The van der Waals surface area contributed by atoms with E-state index in [2.05, 4.69) is 45.4 Å². The van der Waals surface area contributed by atoms with Gasteiger partial charge in [-0.3, -0.25) is 4.79 Å². The highest BCUT2D eigenvalue weighted by Gasteiger charge is 2.16. The van der Waals surface area contributed by atoms with E-state index in [0.29, 0.717) is 5.82 Å². The van der Waals surface area contributed by atoms with E-state index in [1.807, 2.05) is 6.07 Å². The lowest BCUT2D eigenvalue weighted by molar-refractivity contribution is -0.115. The summed E-state index contributed by atoms with van der Waals surface area (Å²) in [4.78, 5) is 16.1. The molecule has 1 aromatic heterocycles. The number of anilines is 1. The van der Waals surface area contributed by atoms with E-state index in [0.717, 1.165) is 10.0 Å². The molecule has 2 aromatic rings. The quantitative estimate of drug-likeness (QED) is 0.799. The van der Waals surface area contributed by atoms with Crippen molar-refractivity contribution < 1.29 is 9.18 Å². The minimum Gasteiger partial charge on any atom is -0.310 e. The average Bonchev–Trinajstić information content (AvgIpc) is 2.51. The van der Waals surface area contributed by atoms with Crippen LogP contribution in [0, 0.1) is 11.7 Å². The normalized spacial score (nSPS) is 12.2. The number of benzene rings is 1. The molecule has 0 aliphatic carbocycles. The van der Waals surface area contributed by atoms with E-state index in [9.17, 15) is 9.18 Å². The third-order valence-electron chi connectivity index (χ3n) is 3.37. The Kier molecular flexibility index (Phi) is 6.24. The van der Waals surface area contributed by atoms with Gasteiger partial charge in [0.15, 0.2) is 0 Å². The van der Waals surface area contributed by atoms with Gasteiger partial charge in [0.2, 0.25) is 5.91 Å². The molecule has 0 saturated carbocycles. The van der Waals surface area contributed by atoms with E-state index in [1.165, 1.54) is 12.1 Å². The van der Waals surface area contributed by atoms with Gasteiger partial charge in [0.05, 0.1) is 6.54 Å². The number of aromatic nitrogens is 1. The molecule has 1 amide bonds. The number of amides is 1. The summed E-state index contributed by atoms with van der Waals surface area (Å²) in [5, 5.41) is 5.95. The average molecular weight is 380 g/mol. The third kappa shape index (κ3) is 5.41. The maximum atomic E-state index is 13.0. The number of pyridine rings is 1. The van der Waals surface area contributed by atoms with E-state index in [4.69, 9.17) is 0 Å². The summed E-state index contributed by atoms with van der Waals surface area (Å²) in [7, 11) is 0. The Hall–Kier alpha value is -1.79. The third-order valence-corrected chi connectivity index (χ3v) is 3.84. The van der Waals surface area contributed by atoms with Crippen molar-refractivity contribution in [1.82, 2.24) is 10.3 Å². The second kappa shape index (κ2) is 8.17. The number of carbonyl (C=O) groups is 1. The van der Waals surface area contributed by atoms with Crippen LogP contribution in [0.1, 0.15) is 25.5 Å². The molecule has 6 heteroatoms. The molecule has 0 saturated heterocycles. The van der Waals surface area contributed by atoms with Gasteiger partial charge in [0.1, 0.15) is 11.6 Å². The highest BCUT2D eigenvalue weighted by atomic mass is 79.9. The van der Waals surface area contributed by atoms with Crippen molar-refractivity contribution in [3.8, 4) is 0 Å². The lowest BCUT2D eigenvalue weighted by Gasteiger charge is -2.22. The molecule has 0 aliphatic rings. The van der Waals surface area contributed by atoms with Gasteiger partial charge in [-0.1, -0.05) is 26.0 Å². The van der Waals surface area contributed by atoms with Crippen molar-refractivity contribution in [2.45, 2.75) is 19.9 Å². The summed E-state index contributed by atoms with van der Waals surface area (Å²) in [5.41, 5.74) is 0.955. The van der Waals surface area contributed by atoms with E-state index in [-0.39, 0.29) is 30.2 Å². The van der Waals surface area contributed by atoms with Crippen LogP contribution in [0.5, 0.6) is 0 Å². The molecule has 4 nitrogen and oxygen atoms in total. The van der Waals surface area contributed by atoms with Crippen LogP contribution < -0.4 is 10.6 Å². The van der Waals surface area contributed by atoms with Gasteiger partial charge in [-0.05, 0) is 51.7 Å². The topological polar surface area (TPSA) is 54.0 Å². The summed E-state index contributed by atoms with van der Waals surface area (Å²) in [5.74, 6) is 0.324. The Morgan fingerprint density at radius 1 is 1.22 bits per heavy atom. The van der Waals surface area contributed by atoms with Crippen LogP contribution >= 0.6 is 15.9 Å². The summed E-state index contributed by atoms with van der Waals surface area (Å²) in [6, 6.07) is 9.84. The minimum atomic E-state index is -0.268. The molecule has 0 radical (unpaired) electrons. The predicted molar refractivity (Wildman–Crippen MR) is 92.5 cm³/mol. The van der Waals surface area contributed by atoms with Crippen LogP contribution in [0.15, 0.2) is 47.1 Å². The van der Waals surface area contributed by atoms with Crippen LogP contribution in [0.25, 0.3) is 0 Å². The molecule has 2 rings (SSSR count). The molecular weight excluding hydrogens is 361 g/mol. The fourth-order valence-corrected chi connectivity index (χ4v) is 2.48. The minimum absolute atomic E-state index is 0.0285. The molecule has 23 heavy (non-hydrogen) atoms. The van der Waals surface area contributed by atoms with Crippen LogP contribution in [-0.2, 0) is 4.79 Å². The largest absolute Gasteiger partial charge is 0.310 e. The molecule has 1 aromatic carbocycles. The summed E-state index contributed by atoms with van der Waals surface area (Å²) in [6.07, 6.45) is 1.62. The van der Waals surface area contributed by atoms with Gasteiger partial charge in [0.25, 0.3) is 0 Å². The molecule has 1 unspecified atom stereocenters. The summed E-state index contributed by atoms with van der Waals surface area (Å²) < 4.78 is 13.9. The lowest BCUT2D eigenvalue weighted by Crippen LogP contribution is -2.33.